The number of aryl methyl sites for hydroxylation is 2. The summed E-state index contributed by atoms with van der Waals surface area (Å²) >= 11 is 0. The van der Waals surface area contributed by atoms with Gasteiger partial charge >= 0.3 is 0 Å². The third kappa shape index (κ3) is 1.31. The van der Waals surface area contributed by atoms with Gasteiger partial charge in [-0.05, 0) is 13.3 Å². The van der Waals surface area contributed by atoms with Crippen LogP contribution in [0.1, 0.15) is 37.5 Å². The number of halogens is 2. The maximum absolute atomic E-state index is 13.5. The molecule has 1 aliphatic rings. The first-order valence-corrected chi connectivity index (χ1v) is 4.84. The van der Waals surface area contributed by atoms with Gasteiger partial charge in [0.25, 0.3) is 5.92 Å². The fraction of sp³-hybridized carbons (Fsp3) is 0.778. The number of alkyl halides is 2. The Morgan fingerprint density at radius 2 is 2.29 bits per heavy atom. The molecule has 0 spiro atoms. The normalized spacial score (nSPS) is 21.3. The minimum Gasteiger partial charge on any atom is -0.241 e. The van der Waals surface area contributed by atoms with Crippen LogP contribution in [0.25, 0.3) is 0 Å². The second kappa shape index (κ2) is 3.00. The van der Waals surface area contributed by atoms with Crippen molar-refractivity contribution in [3.8, 4) is 0 Å². The second-order valence-electron chi connectivity index (χ2n) is 3.69. The Labute approximate surface area is 81.1 Å². The van der Waals surface area contributed by atoms with Gasteiger partial charge in [0.05, 0.1) is 0 Å². The Balaban J connectivity index is 2.33. The third-order valence-electron chi connectivity index (χ3n) is 2.70. The molecular formula is C9H13F2N3. The summed E-state index contributed by atoms with van der Waals surface area (Å²) in [4.78, 5) is 4.11. The predicted molar refractivity (Wildman–Crippen MR) is 47.4 cm³/mol. The number of hydrogen-bond acceptors (Lipinski definition) is 2. The van der Waals surface area contributed by atoms with Crippen LogP contribution < -0.4 is 0 Å². The molecule has 0 amide bonds. The first-order valence-electron chi connectivity index (χ1n) is 4.84. The highest BCUT2D eigenvalue weighted by Crippen LogP contribution is 2.39. The Hall–Kier alpha value is -1.00. The smallest absolute Gasteiger partial charge is 0.241 e. The van der Waals surface area contributed by atoms with Gasteiger partial charge in [-0.15, -0.1) is 0 Å². The molecule has 2 heterocycles. The van der Waals surface area contributed by atoms with Crippen molar-refractivity contribution in [2.24, 2.45) is 0 Å². The standard InChI is InChI=1S/C9H13F2N3/c1-3-9(10,11)7-4-5-8-12-6(2)13-14(7)8/h7H,3-5H2,1-2H3. The molecule has 3 nitrogen and oxygen atoms in total. The molecule has 5 heteroatoms. The summed E-state index contributed by atoms with van der Waals surface area (Å²) < 4.78 is 28.3. The number of nitrogens with zero attached hydrogens (tertiary/aromatic N) is 3. The van der Waals surface area contributed by atoms with E-state index >= 15 is 0 Å². The van der Waals surface area contributed by atoms with Crippen LogP contribution in [-0.2, 0) is 6.42 Å². The summed E-state index contributed by atoms with van der Waals surface area (Å²) in [6.07, 6.45) is 0.924. The average molecular weight is 201 g/mol. The highest BCUT2D eigenvalue weighted by molar-refractivity contribution is 5.02. The van der Waals surface area contributed by atoms with Crippen LogP contribution in [0.4, 0.5) is 8.78 Å². The minimum absolute atomic E-state index is 0.143. The van der Waals surface area contributed by atoms with Gasteiger partial charge in [-0.3, -0.25) is 0 Å². The maximum atomic E-state index is 13.5. The molecule has 1 aliphatic heterocycles. The summed E-state index contributed by atoms with van der Waals surface area (Å²) in [5.41, 5.74) is 0. The quantitative estimate of drug-likeness (QED) is 0.733. The van der Waals surface area contributed by atoms with Gasteiger partial charge in [-0.2, -0.15) is 5.10 Å². The van der Waals surface area contributed by atoms with E-state index in [9.17, 15) is 8.78 Å². The minimum atomic E-state index is -2.66. The lowest BCUT2D eigenvalue weighted by Gasteiger charge is -2.21. The van der Waals surface area contributed by atoms with Crippen molar-refractivity contribution in [3.63, 3.8) is 0 Å². The van der Waals surface area contributed by atoms with Crippen LogP contribution in [0.15, 0.2) is 0 Å². The molecular weight excluding hydrogens is 188 g/mol. The molecule has 0 saturated carbocycles. The zero-order valence-corrected chi connectivity index (χ0v) is 8.30. The Morgan fingerprint density at radius 3 is 2.93 bits per heavy atom. The highest BCUT2D eigenvalue weighted by atomic mass is 19.3. The molecule has 1 unspecified atom stereocenters. The first kappa shape index (κ1) is 9.55. The van der Waals surface area contributed by atoms with Gasteiger partial charge in [0.1, 0.15) is 17.7 Å². The molecule has 0 aromatic carbocycles. The van der Waals surface area contributed by atoms with E-state index in [1.165, 1.54) is 11.6 Å². The monoisotopic (exact) mass is 201 g/mol. The van der Waals surface area contributed by atoms with Gasteiger partial charge < -0.3 is 0 Å². The van der Waals surface area contributed by atoms with E-state index in [0.29, 0.717) is 24.5 Å². The molecule has 0 saturated heterocycles. The SMILES string of the molecule is CCC(F)(F)C1CCc2nc(C)nn21. The van der Waals surface area contributed by atoms with Crippen molar-refractivity contribution >= 4 is 0 Å². The molecule has 0 aliphatic carbocycles. The van der Waals surface area contributed by atoms with Crippen LogP contribution in [0.5, 0.6) is 0 Å². The average Bonchev–Trinajstić information content (AvgIpc) is 2.62. The summed E-state index contributed by atoms with van der Waals surface area (Å²) in [5, 5.41) is 4.01. The molecule has 2 rings (SSSR count). The summed E-state index contributed by atoms with van der Waals surface area (Å²) in [5.74, 6) is -1.39. The van der Waals surface area contributed by atoms with E-state index in [1.807, 2.05) is 0 Å². The van der Waals surface area contributed by atoms with Crippen molar-refractivity contribution in [2.45, 2.75) is 45.1 Å². The molecule has 0 radical (unpaired) electrons. The molecule has 0 fully saturated rings. The lowest BCUT2D eigenvalue weighted by Crippen LogP contribution is -2.28. The predicted octanol–water partition coefficient (Wildman–Crippen LogP) is 2.12. The molecule has 0 bridgehead atoms. The first-order chi connectivity index (χ1) is 6.54. The van der Waals surface area contributed by atoms with E-state index in [4.69, 9.17) is 0 Å². The van der Waals surface area contributed by atoms with Crippen molar-refractivity contribution in [3.05, 3.63) is 11.6 Å². The van der Waals surface area contributed by atoms with E-state index in [-0.39, 0.29) is 6.42 Å². The van der Waals surface area contributed by atoms with Crippen LogP contribution in [-0.4, -0.2) is 20.7 Å². The maximum Gasteiger partial charge on any atom is 0.269 e. The molecule has 78 valence electrons. The van der Waals surface area contributed by atoms with Crippen LogP contribution >= 0.6 is 0 Å². The second-order valence-corrected chi connectivity index (χ2v) is 3.69. The van der Waals surface area contributed by atoms with Crippen molar-refractivity contribution in [1.82, 2.24) is 14.8 Å². The molecule has 0 N–H and O–H groups in total. The molecule has 1 aromatic rings. The Bertz CT molecular complexity index is 346. The summed E-state index contributed by atoms with van der Waals surface area (Å²) in [6.45, 7) is 3.23. The van der Waals surface area contributed by atoms with E-state index in [1.54, 1.807) is 6.92 Å². The zero-order valence-electron chi connectivity index (χ0n) is 8.30. The Morgan fingerprint density at radius 1 is 1.57 bits per heavy atom. The van der Waals surface area contributed by atoms with Gasteiger partial charge in [-0.25, -0.2) is 18.4 Å². The van der Waals surface area contributed by atoms with Crippen molar-refractivity contribution in [1.29, 1.82) is 0 Å². The number of rotatable bonds is 2. The highest BCUT2D eigenvalue weighted by Gasteiger charge is 2.43. The summed E-state index contributed by atoms with van der Waals surface area (Å²) in [7, 11) is 0. The van der Waals surface area contributed by atoms with Gasteiger partial charge in [0.2, 0.25) is 0 Å². The molecule has 1 atom stereocenters. The molecule has 14 heavy (non-hydrogen) atoms. The van der Waals surface area contributed by atoms with Crippen molar-refractivity contribution in [2.75, 3.05) is 0 Å². The van der Waals surface area contributed by atoms with Crippen LogP contribution in [0.2, 0.25) is 0 Å². The van der Waals surface area contributed by atoms with E-state index < -0.39 is 12.0 Å². The van der Waals surface area contributed by atoms with Gasteiger partial charge in [-0.1, -0.05) is 6.92 Å². The van der Waals surface area contributed by atoms with E-state index in [2.05, 4.69) is 10.1 Å². The fourth-order valence-corrected chi connectivity index (χ4v) is 1.91. The van der Waals surface area contributed by atoms with Gasteiger partial charge in [0, 0.05) is 12.8 Å². The van der Waals surface area contributed by atoms with Crippen molar-refractivity contribution < 1.29 is 8.78 Å². The number of aromatic nitrogens is 3. The molecule has 1 aromatic heterocycles. The third-order valence-corrected chi connectivity index (χ3v) is 2.70. The van der Waals surface area contributed by atoms with Crippen LogP contribution in [0, 0.1) is 6.92 Å². The largest absolute Gasteiger partial charge is 0.269 e. The van der Waals surface area contributed by atoms with E-state index in [0.717, 1.165) is 0 Å². The van der Waals surface area contributed by atoms with Crippen LogP contribution in [0.3, 0.4) is 0 Å². The Kier molecular flexibility index (Phi) is 2.05. The fourth-order valence-electron chi connectivity index (χ4n) is 1.91. The number of hydrogen-bond donors (Lipinski definition) is 0. The van der Waals surface area contributed by atoms with Gasteiger partial charge in [0.15, 0.2) is 0 Å². The zero-order chi connectivity index (χ0) is 10.3. The lowest BCUT2D eigenvalue weighted by molar-refractivity contribution is -0.0555. The lowest BCUT2D eigenvalue weighted by atomic mass is 10.1. The summed E-state index contributed by atoms with van der Waals surface area (Å²) in [6, 6.07) is -0.788. The topological polar surface area (TPSA) is 30.7 Å². The number of fused-ring (bicyclic) bond motifs is 1.